The van der Waals surface area contributed by atoms with Crippen molar-refractivity contribution in [3.63, 3.8) is 0 Å². The van der Waals surface area contributed by atoms with Crippen molar-refractivity contribution in [2.45, 2.75) is 33.7 Å². The summed E-state index contributed by atoms with van der Waals surface area (Å²) in [6, 6.07) is 8.48. The molecule has 1 aromatic carbocycles. The van der Waals surface area contributed by atoms with Gasteiger partial charge in [0.05, 0.1) is 5.41 Å². The molecule has 0 bridgehead atoms. The van der Waals surface area contributed by atoms with Crippen LogP contribution >= 0.6 is 0 Å². The lowest BCUT2D eigenvalue weighted by atomic mass is 9.76. The first-order chi connectivity index (χ1) is 8.94. The third-order valence-electron chi connectivity index (χ3n) is 4.44. The number of carboxylic acid groups (broad SMARTS) is 1. The molecule has 1 fully saturated rings. The number of likely N-dealkylation sites (tertiary alicyclic amines) is 1. The fourth-order valence-electron chi connectivity index (χ4n) is 2.89. The monoisotopic (exact) mass is 261 g/mol. The van der Waals surface area contributed by atoms with Crippen molar-refractivity contribution in [1.29, 1.82) is 0 Å². The summed E-state index contributed by atoms with van der Waals surface area (Å²) in [5.41, 5.74) is 1.95. The molecule has 1 aliphatic rings. The zero-order chi connectivity index (χ0) is 14.0. The Morgan fingerprint density at radius 2 is 2.00 bits per heavy atom. The lowest BCUT2D eigenvalue weighted by Crippen LogP contribution is -2.39. The molecule has 3 heteroatoms. The zero-order valence-corrected chi connectivity index (χ0v) is 12.0. The van der Waals surface area contributed by atoms with Crippen LogP contribution in [0.25, 0.3) is 0 Å². The highest BCUT2D eigenvalue weighted by Gasteiger charge is 2.46. The van der Waals surface area contributed by atoms with E-state index in [1.54, 1.807) is 0 Å². The van der Waals surface area contributed by atoms with Gasteiger partial charge < -0.3 is 5.11 Å². The van der Waals surface area contributed by atoms with Crippen LogP contribution < -0.4 is 0 Å². The van der Waals surface area contributed by atoms with Crippen LogP contribution in [0.3, 0.4) is 0 Å². The highest BCUT2D eigenvalue weighted by molar-refractivity contribution is 5.75. The van der Waals surface area contributed by atoms with Gasteiger partial charge >= 0.3 is 5.97 Å². The lowest BCUT2D eigenvalue weighted by molar-refractivity contribution is -0.151. The number of rotatable bonds is 4. The minimum absolute atomic E-state index is 0.174. The maximum atomic E-state index is 11.6. The summed E-state index contributed by atoms with van der Waals surface area (Å²) in [6.07, 6.45) is 0.756. The van der Waals surface area contributed by atoms with Gasteiger partial charge in [0.15, 0.2) is 0 Å². The Labute approximate surface area is 115 Å². The van der Waals surface area contributed by atoms with Crippen molar-refractivity contribution < 1.29 is 9.90 Å². The van der Waals surface area contributed by atoms with Gasteiger partial charge in [-0.3, -0.25) is 9.69 Å². The Morgan fingerprint density at radius 1 is 1.37 bits per heavy atom. The zero-order valence-electron chi connectivity index (χ0n) is 12.0. The second-order valence-electron chi connectivity index (χ2n) is 6.06. The van der Waals surface area contributed by atoms with Gasteiger partial charge in [-0.1, -0.05) is 43.7 Å². The first-order valence-corrected chi connectivity index (χ1v) is 6.95. The summed E-state index contributed by atoms with van der Waals surface area (Å²) in [7, 11) is 0. The molecule has 0 aliphatic carbocycles. The second kappa shape index (κ2) is 5.33. The van der Waals surface area contributed by atoms with E-state index in [0.29, 0.717) is 6.54 Å². The molecule has 0 spiro atoms. The van der Waals surface area contributed by atoms with E-state index in [1.165, 1.54) is 11.1 Å². The van der Waals surface area contributed by atoms with Crippen molar-refractivity contribution in [2.24, 2.45) is 11.3 Å². The van der Waals surface area contributed by atoms with Crippen LogP contribution in [0.1, 0.15) is 31.4 Å². The SMILES string of the molecule is Cc1ccc(CN2CCC(C(=O)O)(C(C)C)C2)cc1. The molecule has 3 nitrogen and oxygen atoms in total. The maximum Gasteiger partial charge on any atom is 0.311 e. The van der Waals surface area contributed by atoms with Crippen LogP contribution in [-0.4, -0.2) is 29.1 Å². The molecule has 19 heavy (non-hydrogen) atoms. The largest absolute Gasteiger partial charge is 0.481 e. The van der Waals surface area contributed by atoms with E-state index in [2.05, 4.69) is 36.1 Å². The normalized spacial score (nSPS) is 24.0. The van der Waals surface area contributed by atoms with Crippen molar-refractivity contribution in [3.05, 3.63) is 35.4 Å². The van der Waals surface area contributed by atoms with Gasteiger partial charge in [-0.15, -0.1) is 0 Å². The fraction of sp³-hybridized carbons (Fsp3) is 0.562. The summed E-state index contributed by atoms with van der Waals surface area (Å²) in [6.45, 7) is 8.50. The number of hydrogen-bond acceptors (Lipinski definition) is 2. The Balaban J connectivity index is 2.05. The van der Waals surface area contributed by atoms with Crippen LogP contribution in [0, 0.1) is 18.3 Å². The molecule has 1 unspecified atom stereocenters. The molecule has 1 aromatic rings. The van der Waals surface area contributed by atoms with Crippen molar-refractivity contribution >= 4 is 5.97 Å². The Bertz CT molecular complexity index is 452. The highest BCUT2D eigenvalue weighted by Crippen LogP contribution is 2.38. The van der Waals surface area contributed by atoms with Crippen molar-refractivity contribution in [2.75, 3.05) is 13.1 Å². The van der Waals surface area contributed by atoms with Crippen molar-refractivity contribution in [1.82, 2.24) is 4.90 Å². The summed E-state index contributed by atoms with van der Waals surface area (Å²) >= 11 is 0. The van der Waals surface area contributed by atoms with Gasteiger partial charge in [0.1, 0.15) is 0 Å². The number of carboxylic acids is 1. The lowest BCUT2D eigenvalue weighted by Gasteiger charge is -2.28. The predicted molar refractivity (Wildman–Crippen MR) is 76.0 cm³/mol. The molecule has 0 aromatic heterocycles. The van der Waals surface area contributed by atoms with Crippen LogP contribution in [-0.2, 0) is 11.3 Å². The van der Waals surface area contributed by atoms with Gasteiger partial charge in [-0.25, -0.2) is 0 Å². The molecule has 104 valence electrons. The molecular weight excluding hydrogens is 238 g/mol. The van der Waals surface area contributed by atoms with E-state index in [9.17, 15) is 9.90 Å². The number of aliphatic carboxylic acids is 1. The third kappa shape index (κ3) is 2.81. The van der Waals surface area contributed by atoms with E-state index >= 15 is 0 Å². The van der Waals surface area contributed by atoms with E-state index in [1.807, 2.05) is 13.8 Å². The minimum Gasteiger partial charge on any atom is -0.481 e. The van der Waals surface area contributed by atoms with Crippen molar-refractivity contribution in [3.8, 4) is 0 Å². The van der Waals surface area contributed by atoms with Gasteiger partial charge in [0, 0.05) is 13.1 Å². The van der Waals surface area contributed by atoms with Crippen LogP contribution in [0.5, 0.6) is 0 Å². The molecule has 2 rings (SSSR count). The molecule has 0 radical (unpaired) electrons. The summed E-state index contributed by atoms with van der Waals surface area (Å²) in [4.78, 5) is 13.8. The molecule has 1 atom stereocenters. The van der Waals surface area contributed by atoms with Crippen LogP contribution in [0.2, 0.25) is 0 Å². The number of nitrogens with zero attached hydrogens (tertiary/aromatic N) is 1. The first kappa shape index (κ1) is 14.1. The van der Waals surface area contributed by atoms with E-state index in [0.717, 1.165) is 19.5 Å². The molecular formula is C16H23NO2. The Hall–Kier alpha value is -1.35. The van der Waals surface area contributed by atoms with E-state index in [4.69, 9.17) is 0 Å². The maximum absolute atomic E-state index is 11.6. The molecule has 0 saturated carbocycles. The first-order valence-electron chi connectivity index (χ1n) is 6.95. The van der Waals surface area contributed by atoms with Crippen LogP contribution in [0.15, 0.2) is 24.3 Å². The van der Waals surface area contributed by atoms with Gasteiger partial charge in [0.25, 0.3) is 0 Å². The topological polar surface area (TPSA) is 40.5 Å². The second-order valence-corrected chi connectivity index (χ2v) is 6.06. The molecule has 1 N–H and O–H groups in total. The highest BCUT2D eigenvalue weighted by atomic mass is 16.4. The molecule has 1 aliphatic heterocycles. The Kier molecular flexibility index (Phi) is 3.95. The van der Waals surface area contributed by atoms with E-state index < -0.39 is 11.4 Å². The third-order valence-corrected chi connectivity index (χ3v) is 4.44. The number of aryl methyl sites for hydroxylation is 1. The van der Waals surface area contributed by atoms with Gasteiger partial charge in [0.2, 0.25) is 0 Å². The van der Waals surface area contributed by atoms with Gasteiger partial charge in [-0.05, 0) is 31.4 Å². The average molecular weight is 261 g/mol. The smallest absolute Gasteiger partial charge is 0.311 e. The summed E-state index contributed by atoms with van der Waals surface area (Å²) < 4.78 is 0. The molecule has 1 heterocycles. The Morgan fingerprint density at radius 3 is 2.47 bits per heavy atom. The molecule has 1 saturated heterocycles. The number of carbonyl (C=O) groups is 1. The fourth-order valence-corrected chi connectivity index (χ4v) is 2.89. The minimum atomic E-state index is -0.645. The quantitative estimate of drug-likeness (QED) is 0.906. The molecule has 0 amide bonds. The van der Waals surface area contributed by atoms with Gasteiger partial charge in [-0.2, -0.15) is 0 Å². The predicted octanol–water partition coefficient (Wildman–Crippen LogP) is 2.93. The average Bonchev–Trinajstić information content (AvgIpc) is 2.77. The number of benzene rings is 1. The van der Waals surface area contributed by atoms with E-state index in [-0.39, 0.29) is 5.92 Å². The summed E-state index contributed by atoms with van der Waals surface area (Å²) in [5.74, 6) is -0.470. The number of hydrogen-bond donors (Lipinski definition) is 1. The van der Waals surface area contributed by atoms with Crippen LogP contribution in [0.4, 0.5) is 0 Å². The standard InChI is InChI=1S/C16H23NO2/c1-12(2)16(15(18)19)8-9-17(11-16)10-14-6-4-13(3)5-7-14/h4-7,12H,8-11H2,1-3H3,(H,18,19). The summed E-state index contributed by atoms with van der Waals surface area (Å²) in [5, 5.41) is 9.53.